The Hall–Kier alpha value is -5.34. The molecule has 222 valence electrons. The molecule has 5 aromatic carbocycles. The average molecular weight is 593 g/mol. The zero-order chi connectivity index (χ0) is 31.3. The molecule has 0 fully saturated rings. The third-order valence-corrected chi connectivity index (χ3v) is 9.46. The summed E-state index contributed by atoms with van der Waals surface area (Å²) < 4.78 is 0. The van der Waals surface area contributed by atoms with Gasteiger partial charge in [0.25, 0.3) is 0 Å². The van der Waals surface area contributed by atoms with Crippen molar-refractivity contribution in [2.75, 3.05) is 0 Å². The summed E-state index contributed by atoms with van der Waals surface area (Å²) >= 11 is 0. The van der Waals surface area contributed by atoms with Crippen LogP contribution in [0.5, 0.6) is 0 Å². The molecule has 7 aromatic rings. The van der Waals surface area contributed by atoms with E-state index in [0.717, 1.165) is 29.7 Å². The number of aromatic nitrogens is 2. The van der Waals surface area contributed by atoms with E-state index in [-0.39, 0.29) is 5.41 Å². The van der Waals surface area contributed by atoms with Gasteiger partial charge in [0.1, 0.15) is 0 Å². The Balaban J connectivity index is 1.25. The van der Waals surface area contributed by atoms with Crippen molar-refractivity contribution < 1.29 is 0 Å². The maximum atomic E-state index is 4.76. The van der Waals surface area contributed by atoms with Crippen LogP contribution in [0.15, 0.2) is 134 Å². The first-order chi connectivity index (χ1) is 22.4. The maximum absolute atomic E-state index is 4.76. The number of nitrogens with zero attached hydrogens (tertiary/aromatic N) is 2. The minimum absolute atomic E-state index is 0.0806. The van der Waals surface area contributed by atoms with Crippen molar-refractivity contribution in [3.8, 4) is 33.4 Å². The van der Waals surface area contributed by atoms with Crippen molar-refractivity contribution in [3.63, 3.8) is 0 Å². The van der Waals surface area contributed by atoms with Gasteiger partial charge >= 0.3 is 0 Å². The van der Waals surface area contributed by atoms with Gasteiger partial charge in [-0.1, -0.05) is 118 Å². The number of hydrogen-bond acceptors (Lipinski definition) is 2. The number of rotatable bonds is 4. The van der Waals surface area contributed by atoms with Crippen LogP contribution in [0.4, 0.5) is 0 Å². The molecular formula is C44H36N2. The molecule has 1 aliphatic rings. The number of pyridine rings is 2. The largest absolute Gasteiger partial charge is 0.264 e. The first-order valence-electron chi connectivity index (χ1n) is 16.2. The minimum atomic E-state index is 0.0806. The highest BCUT2D eigenvalue weighted by molar-refractivity contribution is 6.21. The normalized spacial score (nSPS) is 13.1. The Morgan fingerprint density at radius 3 is 1.87 bits per heavy atom. The molecule has 8 rings (SSSR count). The summed E-state index contributed by atoms with van der Waals surface area (Å²) in [6.07, 6.45) is 9.92. The highest BCUT2D eigenvalue weighted by atomic mass is 14.7. The smallest absolute Gasteiger partial charge is 0.0668 e. The highest BCUT2D eigenvalue weighted by Crippen LogP contribution is 2.45. The first-order valence-corrected chi connectivity index (χ1v) is 16.2. The third-order valence-electron chi connectivity index (χ3n) is 9.46. The molecule has 0 saturated heterocycles. The van der Waals surface area contributed by atoms with Crippen molar-refractivity contribution in [2.24, 2.45) is 0 Å². The van der Waals surface area contributed by atoms with Crippen LogP contribution in [0.2, 0.25) is 0 Å². The molecule has 0 unspecified atom stereocenters. The topological polar surface area (TPSA) is 25.8 Å². The summed E-state index contributed by atoms with van der Waals surface area (Å²) in [5.74, 6) is 0. The molecule has 0 bridgehead atoms. The zero-order valence-electron chi connectivity index (χ0n) is 26.6. The lowest BCUT2D eigenvalue weighted by Gasteiger charge is -2.22. The molecule has 0 radical (unpaired) electrons. The van der Waals surface area contributed by atoms with Crippen molar-refractivity contribution >= 4 is 33.2 Å². The Kier molecular flexibility index (Phi) is 6.87. The number of allylic oxidation sites excluding steroid dienone is 1. The van der Waals surface area contributed by atoms with Crippen LogP contribution >= 0.6 is 0 Å². The van der Waals surface area contributed by atoms with Crippen LogP contribution in [0, 0.1) is 0 Å². The lowest BCUT2D eigenvalue weighted by Crippen LogP contribution is -2.10. The van der Waals surface area contributed by atoms with E-state index < -0.39 is 0 Å². The molecule has 1 aliphatic carbocycles. The standard InChI is InChI=1S/C44H36N2/c1-44(2,3)36-12-8-10-33(26-36)42-37-13-4-6-15-39(37)43(40-16-7-5-14-38(40)42)34-20-18-29-24-32(19-17-30(29)25-34)41-27-31(21-23-46-41)35-11-9-22-45-28-35/h4-16,18,20-28H,17,19H2,1-3H3. The second kappa shape index (κ2) is 11.2. The molecule has 2 aromatic heterocycles. The van der Waals surface area contributed by atoms with Gasteiger partial charge in [-0.2, -0.15) is 0 Å². The molecule has 0 N–H and O–H groups in total. The van der Waals surface area contributed by atoms with Crippen molar-refractivity contribution in [2.45, 2.75) is 39.0 Å². The van der Waals surface area contributed by atoms with Gasteiger partial charge in [-0.25, -0.2) is 0 Å². The molecule has 0 amide bonds. The fourth-order valence-electron chi connectivity index (χ4n) is 7.06. The van der Waals surface area contributed by atoms with Gasteiger partial charge in [0.15, 0.2) is 0 Å². The summed E-state index contributed by atoms with van der Waals surface area (Å²) in [5, 5.41) is 5.17. The second-order valence-corrected chi connectivity index (χ2v) is 13.4. The number of hydrogen-bond donors (Lipinski definition) is 0. The number of fused-ring (bicyclic) bond motifs is 3. The minimum Gasteiger partial charge on any atom is -0.264 e. The summed E-state index contributed by atoms with van der Waals surface area (Å²) in [6, 6.07) is 42.4. The summed E-state index contributed by atoms with van der Waals surface area (Å²) in [6.45, 7) is 6.86. The van der Waals surface area contributed by atoms with Gasteiger partial charge in [-0.15, -0.1) is 0 Å². The van der Waals surface area contributed by atoms with E-state index in [9.17, 15) is 0 Å². The third kappa shape index (κ3) is 5.01. The Labute approximate surface area is 271 Å². The lowest BCUT2D eigenvalue weighted by molar-refractivity contribution is 0.590. The monoisotopic (exact) mass is 592 g/mol. The fourth-order valence-corrected chi connectivity index (χ4v) is 7.06. The van der Waals surface area contributed by atoms with Crippen molar-refractivity contribution in [3.05, 3.63) is 156 Å². The molecular weight excluding hydrogens is 556 g/mol. The molecule has 2 nitrogen and oxygen atoms in total. The van der Waals surface area contributed by atoms with Gasteiger partial charge in [-0.3, -0.25) is 9.97 Å². The van der Waals surface area contributed by atoms with Crippen LogP contribution in [0.3, 0.4) is 0 Å². The van der Waals surface area contributed by atoms with Crippen LogP contribution in [0.25, 0.3) is 66.6 Å². The van der Waals surface area contributed by atoms with Crippen LogP contribution in [-0.4, -0.2) is 9.97 Å². The molecule has 2 heteroatoms. The second-order valence-electron chi connectivity index (χ2n) is 13.4. The quantitative estimate of drug-likeness (QED) is 0.190. The van der Waals surface area contributed by atoms with E-state index in [1.165, 1.54) is 66.1 Å². The molecule has 2 heterocycles. The van der Waals surface area contributed by atoms with E-state index in [4.69, 9.17) is 4.98 Å². The lowest BCUT2D eigenvalue weighted by atomic mass is 9.82. The summed E-state index contributed by atoms with van der Waals surface area (Å²) in [5.41, 5.74) is 13.8. The van der Waals surface area contributed by atoms with E-state index in [0.29, 0.717) is 0 Å². The highest BCUT2D eigenvalue weighted by Gasteiger charge is 2.20. The van der Waals surface area contributed by atoms with Crippen LogP contribution < -0.4 is 0 Å². The number of benzene rings is 5. The molecule has 46 heavy (non-hydrogen) atoms. The van der Waals surface area contributed by atoms with Crippen LogP contribution in [-0.2, 0) is 11.8 Å². The van der Waals surface area contributed by atoms with Crippen LogP contribution in [0.1, 0.15) is 49.6 Å². The van der Waals surface area contributed by atoms with E-state index in [1.807, 2.05) is 24.7 Å². The van der Waals surface area contributed by atoms with Gasteiger partial charge in [0, 0.05) is 24.2 Å². The van der Waals surface area contributed by atoms with Crippen molar-refractivity contribution in [1.82, 2.24) is 9.97 Å². The fraction of sp³-hybridized carbons (Fsp3) is 0.136. The molecule has 0 spiro atoms. The van der Waals surface area contributed by atoms with Gasteiger partial charge < -0.3 is 0 Å². The molecule has 0 aliphatic heterocycles. The summed E-state index contributed by atoms with van der Waals surface area (Å²) in [4.78, 5) is 9.06. The van der Waals surface area contributed by atoms with E-state index in [2.05, 4.69) is 141 Å². The Morgan fingerprint density at radius 2 is 1.22 bits per heavy atom. The van der Waals surface area contributed by atoms with E-state index in [1.54, 1.807) is 0 Å². The van der Waals surface area contributed by atoms with Gasteiger partial charge in [0.2, 0.25) is 0 Å². The predicted molar refractivity (Wildman–Crippen MR) is 195 cm³/mol. The van der Waals surface area contributed by atoms with E-state index >= 15 is 0 Å². The SMILES string of the molecule is CC(C)(C)c1cccc(-c2c3ccccc3c(-c3ccc4c(c3)CCC(c3cc(-c5cccnc5)ccn3)=C4)c3ccccc23)c1. The maximum Gasteiger partial charge on any atom is 0.0668 e. The molecule has 0 saturated carbocycles. The molecule has 0 atom stereocenters. The van der Waals surface area contributed by atoms with Gasteiger partial charge in [0.05, 0.1) is 5.69 Å². The number of aryl methyl sites for hydroxylation is 1. The summed E-state index contributed by atoms with van der Waals surface area (Å²) in [7, 11) is 0. The zero-order valence-corrected chi connectivity index (χ0v) is 26.6. The van der Waals surface area contributed by atoms with Crippen molar-refractivity contribution in [1.29, 1.82) is 0 Å². The van der Waals surface area contributed by atoms with Gasteiger partial charge in [-0.05, 0) is 114 Å². The predicted octanol–water partition coefficient (Wildman–Crippen LogP) is 11.6. The first kappa shape index (κ1) is 28.2. The average Bonchev–Trinajstić information content (AvgIpc) is 3.10. The Bertz CT molecular complexity index is 2230. The Morgan fingerprint density at radius 1 is 0.543 bits per heavy atom.